The highest BCUT2D eigenvalue weighted by Crippen LogP contribution is 2.33. The maximum absolute atomic E-state index is 12.4. The van der Waals surface area contributed by atoms with Gasteiger partial charge in [0.25, 0.3) is 0 Å². The number of fused-ring (bicyclic) bond motifs is 1. The summed E-state index contributed by atoms with van der Waals surface area (Å²) in [6.07, 6.45) is -4.26. The normalized spacial score (nSPS) is 27.1. The topological polar surface area (TPSA) is 90.4 Å². The number of aliphatic carboxylic acids is 1. The van der Waals surface area contributed by atoms with E-state index in [2.05, 4.69) is 4.90 Å². The Labute approximate surface area is 161 Å². The number of carboxylic acid groups (broad SMARTS) is 1. The minimum atomic E-state index is -5.08. The highest BCUT2D eigenvalue weighted by atomic mass is 19.4. The van der Waals surface area contributed by atoms with Crippen molar-refractivity contribution < 1.29 is 37.4 Å². The van der Waals surface area contributed by atoms with Gasteiger partial charge in [-0.1, -0.05) is 0 Å². The van der Waals surface area contributed by atoms with Crippen molar-refractivity contribution in [2.24, 2.45) is 17.8 Å². The Morgan fingerprint density at radius 3 is 2.36 bits per heavy atom. The number of alkyl halides is 3. The van der Waals surface area contributed by atoms with E-state index in [0.717, 1.165) is 32.6 Å². The largest absolute Gasteiger partial charge is 0.490 e. The van der Waals surface area contributed by atoms with Crippen LogP contribution in [0, 0.1) is 17.8 Å². The van der Waals surface area contributed by atoms with Gasteiger partial charge in [0.2, 0.25) is 11.8 Å². The van der Waals surface area contributed by atoms with Gasteiger partial charge in [0.05, 0.1) is 18.4 Å². The van der Waals surface area contributed by atoms with Crippen molar-refractivity contribution >= 4 is 17.8 Å². The molecule has 0 aromatic heterocycles. The highest BCUT2D eigenvalue weighted by Gasteiger charge is 2.48. The number of likely N-dealkylation sites (N-methyl/N-ethyl adjacent to an activating group) is 1. The molecule has 1 N–H and O–H groups in total. The molecular formula is C17H26F3N3O5. The average Bonchev–Trinajstić information content (AvgIpc) is 3.30. The van der Waals surface area contributed by atoms with Crippen LogP contribution < -0.4 is 0 Å². The Bertz CT molecular complexity index is 593. The lowest BCUT2D eigenvalue weighted by atomic mass is 10.0. The van der Waals surface area contributed by atoms with E-state index in [-0.39, 0.29) is 23.7 Å². The van der Waals surface area contributed by atoms with Crippen LogP contribution in [0.1, 0.15) is 6.42 Å². The third-order valence-electron chi connectivity index (χ3n) is 5.18. The van der Waals surface area contributed by atoms with E-state index in [0.29, 0.717) is 25.7 Å². The minimum Gasteiger partial charge on any atom is -0.475 e. The molecule has 0 aliphatic carbocycles. The fourth-order valence-electron chi connectivity index (χ4n) is 3.63. The Kier molecular flexibility index (Phi) is 7.27. The SMILES string of the molecule is CN(C)CCN1C[C@@H]2CN(C(=O)C3CCOC3)C[C@@H]2C1=O.O=C(O)C(F)(F)F. The van der Waals surface area contributed by atoms with Gasteiger partial charge in [-0.05, 0) is 20.5 Å². The van der Waals surface area contributed by atoms with Crippen LogP contribution >= 0.6 is 0 Å². The van der Waals surface area contributed by atoms with Gasteiger partial charge in [0, 0.05) is 45.2 Å². The molecule has 8 nitrogen and oxygen atoms in total. The summed E-state index contributed by atoms with van der Waals surface area (Å²) in [5.74, 6) is -1.96. The number of carbonyl (C=O) groups is 3. The molecule has 3 atom stereocenters. The Morgan fingerprint density at radius 2 is 1.89 bits per heavy atom. The highest BCUT2D eigenvalue weighted by molar-refractivity contribution is 5.85. The van der Waals surface area contributed by atoms with E-state index in [1.807, 2.05) is 23.9 Å². The first-order valence-electron chi connectivity index (χ1n) is 9.10. The number of amides is 2. The molecule has 0 spiro atoms. The molecule has 3 saturated heterocycles. The Hall–Kier alpha value is -1.88. The fourth-order valence-corrected chi connectivity index (χ4v) is 3.63. The predicted octanol–water partition coefficient (Wildman–Crippen LogP) is 0.135. The monoisotopic (exact) mass is 409 g/mol. The molecule has 1 unspecified atom stereocenters. The van der Waals surface area contributed by atoms with Crippen LogP contribution in [0.5, 0.6) is 0 Å². The molecule has 3 aliphatic heterocycles. The maximum Gasteiger partial charge on any atom is 0.490 e. The molecular weight excluding hydrogens is 383 g/mol. The molecule has 3 fully saturated rings. The number of hydrogen-bond donors (Lipinski definition) is 1. The van der Waals surface area contributed by atoms with Crippen molar-refractivity contribution in [3.63, 3.8) is 0 Å². The summed E-state index contributed by atoms with van der Waals surface area (Å²) in [6.45, 7) is 5.09. The van der Waals surface area contributed by atoms with E-state index in [4.69, 9.17) is 14.6 Å². The number of carboxylic acids is 1. The lowest BCUT2D eigenvalue weighted by Crippen LogP contribution is -2.40. The van der Waals surface area contributed by atoms with Crippen LogP contribution in [0.3, 0.4) is 0 Å². The average molecular weight is 409 g/mol. The van der Waals surface area contributed by atoms with Crippen LogP contribution in [0.25, 0.3) is 0 Å². The van der Waals surface area contributed by atoms with E-state index < -0.39 is 12.1 Å². The lowest BCUT2D eigenvalue weighted by Gasteiger charge is -2.24. The second-order valence-corrected chi connectivity index (χ2v) is 7.56. The van der Waals surface area contributed by atoms with E-state index in [9.17, 15) is 22.8 Å². The number of carbonyl (C=O) groups excluding carboxylic acids is 2. The Balaban J connectivity index is 0.000000345. The maximum atomic E-state index is 12.4. The lowest BCUT2D eigenvalue weighted by molar-refractivity contribution is -0.192. The zero-order valence-corrected chi connectivity index (χ0v) is 15.9. The molecule has 160 valence electrons. The van der Waals surface area contributed by atoms with E-state index in [1.165, 1.54) is 0 Å². The van der Waals surface area contributed by atoms with Crippen LogP contribution in [0.2, 0.25) is 0 Å². The molecule has 0 saturated carbocycles. The first kappa shape index (κ1) is 22.4. The number of rotatable bonds is 4. The van der Waals surface area contributed by atoms with Crippen LogP contribution in [-0.2, 0) is 19.1 Å². The van der Waals surface area contributed by atoms with Crippen molar-refractivity contribution in [2.75, 3.05) is 60.0 Å². The zero-order valence-electron chi connectivity index (χ0n) is 15.9. The summed E-state index contributed by atoms with van der Waals surface area (Å²) >= 11 is 0. The summed E-state index contributed by atoms with van der Waals surface area (Å²) in [5, 5.41) is 7.12. The van der Waals surface area contributed by atoms with Crippen molar-refractivity contribution in [2.45, 2.75) is 12.6 Å². The number of halogens is 3. The third-order valence-corrected chi connectivity index (χ3v) is 5.18. The summed E-state index contributed by atoms with van der Waals surface area (Å²) in [5.41, 5.74) is 0. The molecule has 3 aliphatic rings. The predicted molar refractivity (Wildman–Crippen MR) is 91.3 cm³/mol. The van der Waals surface area contributed by atoms with Gasteiger partial charge in [0.1, 0.15) is 0 Å². The van der Waals surface area contributed by atoms with Gasteiger partial charge in [-0.15, -0.1) is 0 Å². The van der Waals surface area contributed by atoms with Gasteiger partial charge in [-0.25, -0.2) is 4.79 Å². The van der Waals surface area contributed by atoms with Gasteiger partial charge in [-0.3, -0.25) is 9.59 Å². The summed E-state index contributed by atoms with van der Waals surface area (Å²) < 4.78 is 37.0. The second-order valence-electron chi connectivity index (χ2n) is 7.56. The van der Waals surface area contributed by atoms with Crippen molar-refractivity contribution in [1.82, 2.24) is 14.7 Å². The van der Waals surface area contributed by atoms with Crippen molar-refractivity contribution in [3.8, 4) is 0 Å². The third kappa shape index (κ3) is 5.57. The minimum absolute atomic E-state index is 0.0174. The smallest absolute Gasteiger partial charge is 0.475 e. The zero-order chi connectivity index (χ0) is 21.1. The quantitative estimate of drug-likeness (QED) is 0.710. The number of likely N-dealkylation sites (tertiary alicyclic amines) is 2. The number of nitrogens with zero attached hydrogens (tertiary/aromatic N) is 3. The molecule has 0 aromatic carbocycles. The Morgan fingerprint density at radius 1 is 1.25 bits per heavy atom. The van der Waals surface area contributed by atoms with Crippen molar-refractivity contribution in [3.05, 3.63) is 0 Å². The molecule has 0 aromatic rings. The first-order valence-corrected chi connectivity index (χ1v) is 9.10. The molecule has 11 heteroatoms. The molecule has 3 heterocycles. The summed E-state index contributed by atoms with van der Waals surface area (Å²) in [4.78, 5) is 39.7. The van der Waals surface area contributed by atoms with Crippen LogP contribution in [-0.4, -0.2) is 104 Å². The molecule has 2 amide bonds. The van der Waals surface area contributed by atoms with Gasteiger partial charge in [-0.2, -0.15) is 13.2 Å². The standard InChI is InChI=1S/C15H25N3O3.C2HF3O2/c1-16(2)4-5-17-7-12-8-18(9-13(12)15(17)20)14(19)11-3-6-21-10-11;3-2(4,5)1(6)7/h11-13H,3-10H2,1-2H3;(H,6,7)/t11?,12-,13+;/m1./s1. The molecule has 0 radical (unpaired) electrons. The molecule has 3 rings (SSSR count). The van der Waals surface area contributed by atoms with Crippen LogP contribution in [0.4, 0.5) is 13.2 Å². The van der Waals surface area contributed by atoms with Gasteiger partial charge < -0.3 is 24.5 Å². The molecule has 0 bridgehead atoms. The molecule has 28 heavy (non-hydrogen) atoms. The summed E-state index contributed by atoms with van der Waals surface area (Å²) in [7, 11) is 4.04. The van der Waals surface area contributed by atoms with E-state index in [1.54, 1.807) is 0 Å². The number of ether oxygens (including phenoxy) is 1. The van der Waals surface area contributed by atoms with Gasteiger partial charge in [0.15, 0.2) is 0 Å². The number of hydrogen-bond acceptors (Lipinski definition) is 5. The summed E-state index contributed by atoms with van der Waals surface area (Å²) in [6, 6.07) is 0. The first-order chi connectivity index (χ1) is 13.0. The fraction of sp³-hybridized carbons (Fsp3) is 0.824. The van der Waals surface area contributed by atoms with Crippen molar-refractivity contribution in [1.29, 1.82) is 0 Å². The van der Waals surface area contributed by atoms with E-state index >= 15 is 0 Å². The van der Waals surface area contributed by atoms with Crippen LogP contribution in [0.15, 0.2) is 0 Å². The second kappa shape index (κ2) is 9.08. The van der Waals surface area contributed by atoms with Gasteiger partial charge >= 0.3 is 12.1 Å².